The molecule has 0 aliphatic carbocycles. The number of likely N-dealkylation sites (tertiary alicyclic amines) is 1. The number of rotatable bonds is 6. The van der Waals surface area contributed by atoms with E-state index < -0.39 is 0 Å². The van der Waals surface area contributed by atoms with Gasteiger partial charge in [-0.3, -0.25) is 0 Å². The Balaban J connectivity index is 1.80. The summed E-state index contributed by atoms with van der Waals surface area (Å²) in [5.41, 5.74) is 3.66. The molecule has 1 fully saturated rings. The van der Waals surface area contributed by atoms with Crippen molar-refractivity contribution in [3.63, 3.8) is 0 Å². The molecule has 0 amide bonds. The maximum atomic E-state index is 7.52. The minimum absolute atomic E-state index is 0.278. The molecule has 2 aromatic rings. The SMILES string of the molecule is C=C(C)N1CC(c2noc(-c3ccc(C=N)c(NC(C)C)c3)n2)C1. The number of nitrogens with one attached hydrogen (secondary N) is 2. The second-order valence-corrected chi connectivity index (χ2v) is 6.54. The summed E-state index contributed by atoms with van der Waals surface area (Å²) in [5.74, 6) is 1.56. The first-order valence-electron chi connectivity index (χ1n) is 8.13. The molecule has 6 heteroatoms. The molecule has 3 rings (SSSR count). The predicted molar refractivity (Wildman–Crippen MR) is 95.5 cm³/mol. The fraction of sp³-hybridized carbons (Fsp3) is 0.389. The minimum Gasteiger partial charge on any atom is -0.382 e. The van der Waals surface area contributed by atoms with Gasteiger partial charge in [-0.05, 0) is 32.9 Å². The van der Waals surface area contributed by atoms with Gasteiger partial charge in [0, 0.05) is 47.9 Å². The first-order chi connectivity index (χ1) is 11.5. The van der Waals surface area contributed by atoms with Crippen LogP contribution in [0.4, 0.5) is 5.69 Å². The van der Waals surface area contributed by atoms with Crippen molar-refractivity contribution in [3.05, 3.63) is 41.9 Å². The number of anilines is 1. The van der Waals surface area contributed by atoms with Crippen molar-refractivity contribution in [2.45, 2.75) is 32.7 Å². The molecule has 1 saturated heterocycles. The number of hydrogen-bond donors (Lipinski definition) is 2. The number of benzene rings is 1. The summed E-state index contributed by atoms with van der Waals surface area (Å²) >= 11 is 0. The standard InChI is InChI=1S/C18H23N5O/c1-11(2)20-16-7-13(5-6-14(16)8-19)18-21-17(22-24-18)15-9-23(10-15)12(3)4/h5-8,11,15,19-20H,3,9-10H2,1-2,4H3. The van der Waals surface area contributed by atoms with Crippen molar-refractivity contribution in [1.82, 2.24) is 15.0 Å². The highest BCUT2D eigenvalue weighted by molar-refractivity contribution is 5.87. The summed E-state index contributed by atoms with van der Waals surface area (Å²) in [6.45, 7) is 11.9. The second-order valence-electron chi connectivity index (χ2n) is 6.54. The van der Waals surface area contributed by atoms with Gasteiger partial charge >= 0.3 is 0 Å². The van der Waals surface area contributed by atoms with E-state index in [1.54, 1.807) is 0 Å². The maximum absolute atomic E-state index is 7.52. The van der Waals surface area contributed by atoms with Crippen molar-refractivity contribution < 1.29 is 4.52 Å². The van der Waals surface area contributed by atoms with Gasteiger partial charge in [-0.15, -0.1) is 0 Å². The van der Waals surface area contributed by atoms with Crippen LogP contribution in [-0.4, -0.2) is 40.4 Å². The molecule has 6 nitrogen and oxygen atoms in total. The highest BCUT2D eigenvalue weighted by Crippen LogP contribution is 2.30. The Morgan fingerprint density at radius 1 is 1.46 bits per heavy atom. The third kappa shape index (κ3) is 3.18. The number of hydrogen-bond acceptors (Lipinski definition) is 6. The Kier molecular flexibility index (Phi) is 4.38. The minimum atomic E-state index is 0.278. The van der Waals surface area contributed by atoms with Crippen molar-refractivity contribution in [1.29, 1.82) is 5.41 Å². The zero-order chi connectivity index (χ0) is 17.3. The van der Waals surface area contributed by atoms with E-state index in [-0.39, 0.29) is 6.04 Å². The van der Waals surface area contributed by atoms with Crippen molar-refractivity contribution in [3.8, 4) is 11.5 Å². The fourth-order valence-corrected chi connectivity index (χ4v) is 2.72. The smallest absolute Gasteiger partial charge is 0.258 e. The summed E-state index contributed by atoms with van der Waals surface area (Å²) in [7, 11) is 0. The first-order valence-corrected chi connectivity index (χ1v) is 8.13. The van der Waals surface area contributed by atoms with Crippen LogP contribution in [0.2, 0.25) is 0 Å². The molecule has 0 unspecified atom stereocenters. The average Bonchev–Trinajstić information content (AvgIpc) is 2.94. The van der Waals surface area contributed by atoms with E-state index in [0.717, 1.165) is 41.4 Å². The summed E-state index contributed by atoms with van der Waals surface area (Å²) in [6.07, 6.45) is 1.34. The Morgan fingerprint density at radius 2 is 2.21 bits per heavy atom. The Labute approximate surface area is 142 Å². The van der Waals surface area contributed by atoms with Crippen LogP contribution in [0, 0.1) is 5.41 Å². The van der Waals surface area contributed by atoms with Gasteiger partial charge < -0.3 is 20.1 Å². The van der Waals surface area contributed by atoms with Gasteiger partial charge in [0.05, 0.1) is 5.92 Å². The van der Waals surface area contributed by atoms with Gasteiger partial charge in [0.15, 0.2) is 5.82 Å². The van der Waals surface area contributed by atoms with Crippen LogP contribution >= 0.6 is 0 Å². The molecule has 1 aromatic heterocycles. The highest BCUT2D eigenvalue weighted by atomic mass is 16.5. The van der Waals surface area contributed by atoms with Crippen LogP contribution in [0.25, 0.3) is 11.5 Å². The number of nitrogens with zero attached hydrogens (tertiary/aromatic N) is 3. The topological polar surface area (TPSA) is 78.0 Å². The Morgan fingerprint density at radius 3 is 2.83 bits per heavy atom. The summed E-state index contributed by atoms with van der Waals surface area (Å²) in [4.78, 5) is 6.75. The molecular formula is C18H23N5O. The van der Waals surface area contributed by atoms with Crippen LogP contribution < -0.4 is 5.32 Å². The summed E-state index contributed by atoms with van der Waals surface area (Å²) in [5, 5.41) is 15.0. The van der Waals surface area contributed by atoms with E-state index in [2.05, 4.69) is 40.8 Å². The lowest BCUT2D eigenvalue weighted by Crippen LogP contribution is -2.43. The molecule has 1 aliphatic heterocycles. The molecule has 0 saturated carbocycles. The number of allylic oxidation sites excluding steroid dienone is 1. The van der Waals surface area contributed by atoms with Crippen molar-refractivity contribution >= 4 is 11.9 Å². The largest absolute Gasteiger partial charge is 0.382 e. The first kappa shape index (κ1) is 16.2. The lowest BCUT2D eigenvalue weighted by Gasteiger charge is -2.39. The van der Waals surface area contributed by atoms with E-state index >= 15 is 0 Å². The lowest BCUT2D eigenvalue weighted by atomic mass is 9.99. The molecule has 2 heterocycles. The molecule has 24 heavy (non-hydrogen) atoms. The molecule has 0 spiro atoms. The van der Waals surface area contributed by atoms with Gasteiger partial charge in [0.25, 0.3) is 5.89 Å². The van der Waals surface area contributed by atoms with Crippen LogP contribution in [0.1, 0.15) is 38.1 Å². The summed E-state index contributed by atoms with van der Waals surface area (Å²) in [6, 6.07) is 6.03. The zero-order valence-corrected chi connectivity index (χ0v) is 14.3. The molecule has 2 N–H and O–H groups in total. The molecule has 1 aliphatic rings. The van der Waals surface area contributed by atoms with Gasteiger partial charge in [-0.1, -0.05) is 17.8 Å². The van der Waals surface area contributed by atoms with E-state index in [9.17, 15) is 0 Å². The van der Waals surface area contributed by atoms with Crippen LogP contribution in [0.15, 0.2) is 35.0 Å². The van der Waals surface area contributed by atoms with E-state index in [0.29, 0.717) is 11.8 Å². The third-order valence-electron chi connectivity index (χ3n) is 4.13. The monoisotopic (exact) mass is 325 g/mol. The van der Waals surface area contributed by atoms with Gasteiger partial charge in [-0.25, -0.2) is 0 Å². The number of aromatic nitrogens is 2. The third-order valence-corrected chi connectivity index (χ3v) is 4.13. The van der Waals surface area contributed by atoms with Crippen molar-refractivity contribution in [2.75, 3.05) is 18.4 Å². The van der Waals surface area contributed by atoms with Crippen LogP contribution in [0.5, 0.6) is 0 Å². The predicted octanol–water partition coefficient (Wildman–Crippen LogP) is 3.49. The van der Waals surface area contributed by atoms with Crippen LogP contribution in [-0.2, 0) is 0 Å². The molecule has 0 radical (unpaired) electrons. The molecular weight excluding hydrogens is 302 g/mol. The van der Waals surface area contributed by atoms with Crippen molar-refractivity contribution in [2.24, 2.45) is 0 Å². The Bertz CT molecular complexity index is 759. The normalized spacial score (nSPS) is 14.6. The highest BCUT2D eigenvalue weighted by Gasteiger charge is 2.31. The van der Waals surface area contributed by atoms with E-state index in [4.69, 9.17) is 9.93 Å². The molecule has 0 atom stereocenters. The molecule has 0 bridgehead atoms. The Hall–Kier alpha value is -2.63. The van der Waals surface area contributed by atoms with E-state index in [1.165, 1.54) is 6.21 Å². The summed E-state index contributed by atoms with van der Waals surface area (Å²) < 4.78 is 5.45. The molecule has 126 valence electrons. The van der Waals surface area contributed by atoms with Gasteiger partial charge in [-0.2, -0.15) is 4.98 Å². The second kappa shape index (κ2) is 6.47. The molecule has 1 aromatic carbocycles. The maximum Gasteiger partial charge on any atom is 0.258 e. The quantitative estimate of drug-likeness (QED) is 0.795. The van der Waals surface area contributed by atoms with Gasteiger partial charge in [0.1, 0.15) is 0 Å². The lowest BCUT2D eigenvalue weighted by molar-refractivity contribution is 0.190. The van der Waals surface area contributed by atoms with Gasteiger partial charge in [0.2, 0.25) is 0 Å². The fourth-order valence-electron chi connectivity index (χ4n) is 2.72. The van der Waals surface area contributed by atoms with Crippen LogP contribution in [0.3, 0.4) is 0 Å². The van der Waals surface area contributed by atoms with E-state index in [1.807, 2.05) is 25.1 Å². The average molecular weight is 325 g/mol. The zero-order valence-electron chi connectivity index (χ0n) is 14.3.